The molecule has 0 bridgehead atoms. The molecule has 1 N–H and O–H groups in total. The van der Waals surface area contributed by atoms with Crippen molar-refractivity contribution in [2.45, 2.75) is 12.3 Å². The summed E-state index contributed by atoms with van der Waals surface area (Å²) in [7, 11) is -3.38. The van der Waals surface area contributed by atoms with Gasteiger partial charge in [-0.1, -0.05) is 35.9 Å². The van der Waals surface area contributed by atoms with E-state index in [-0.39, 0.29) is 11.7 Å². The summed E-state index contributed by atoms with van der Waals surface area (Å²) >= 11 is 5.84. The zero-order valence-corrected chi connectivity index (χ0v) is 16.3. The summed E-state index contributed by atoms with van der Waals surface area (Å²) < 4.78 is 31.5. The fourth-order valence-corrected chi connectivity index (χ4v) is 4.39. The minimum absolute atomic E-state index is 0.0837. The van der Waals surface area contributed by atoms with Gasteiger partial charge in [0.25, 0.3) is 5.91 Å². The number of hydrogen-bond acceptors (Lipinski definition) is 4. The number of rotatable bonds is 6. The lowest BCUT2D eigenvalue weighted by Gasteiger charge is -2.26. The number of ether oxygens (including phenoxy) is 1. The zero-order chi connectivity index (χ0) is 19.3. The first kappa shape index (κ1) is 19.8. The van der Waals surface area contributed by atoms with E-state index < -0.39 is 10.0 Å². The van der Waals surface area contributed by atoms with Crippen molar-refractivity contribution in [3.05, 3.63) is 70.2 Å². The number of morpholine rings is 1. The predicted molar refractivity (Wildman–Crippen MR) is 104 cm³/mol. The van der Waals surface area contributed by atoms with Crippen molar-refractivity contribution >= 4 is 27.5 Å². The third-order valence-corrected chi connectivity index (χ3v) is 6.40. The fraction of sp³-hybridized carbons (Fsp3) is 0.316. The number of amides is 1. The molecule has 1 saturated heterocycles. The first-order valence-corrected chi connectivity index (χ1v) is 10.6. The Morgan fingerprint density at radius 1 is 1.00 bits per heavy atom. The Hall–Kier alpha value is -1.93. The zero-order valence-electron chi connectivity index (χ0n) is 14.7. The van der Waals surface area contributed by atoms with Crippen molar-refractivity contribution in [3.8, 4) is 0 Å². The van der Waals surface area contributed by atoms with E-state index in [9.17, 15) is 13.2 Å². The molecule has 0 spiro atoms. The van der Waals surface area contributed by atoms with Crippen molar-refractivity contribution < 1.29 is 17.9 Å². The maximum atomic E-state index is 12.4. The van der Waals surface area contributed by atoms with Gasteiger partial charge in [-0.3, -0.25) is 4.79 Å². The lowest BCUT2D eigenvalue weighted by molar-refractivity contribution is 0.0729. The molecule has 6 nitrogen and oxygen atoms in total. The standard InChI is InChI=1S/C19H21ClN2O4S/c20-18-7-3-15(4-8-18)13-21-19(23)17-5-1-16(2-6-17)14-27(24,25)22-9-11-26-12-10-22/h1-8H,9-14H2,(H,21,23). The van der Waals surface area contributed by atoms with Gasteiger partial charge in [-0.05, 0) is 35.4 Å². The highest BCUT2D eigenvalue weighted by Gasteiger charge is 2.24. The van der Waals surface area contributed by atoms with Crippen LogP contribution in [0.4, 0.5) is 0 Å². The van der Waals surface area contributed by atoms with E-state index in [0.29, 0.717) is 49.0 Å². The number of carbonyl (C=O) groups is 1. The fourth-order valence-electron chi connectivity index (χ4n) is 2.77. The van der Waals surface area contributed by atoms with Gasteiger partial charge < -0.3 is 10.1 Å². The van der Waals surface area contributed by atoms with E-state index >= 15 is 0 Å². The van der Waals surface area contributed by atoms with Crippen LogP contribution in [0.3, 0.4) is 0 Å². The average molecular weight is 409 g/mol. The van der Waals surface area contributed by atoms with Crippen molar-refractivity contribution in [1.82, 2.24) is 9.62 Å². The lowest BCUT2D eigenvalue weighted by atomic mass is 10.1. The van der Waals surface area contributed by atoms with Crippen LogP contribution in [-0.4, -0.2) is 44.9 Å². The minimum atomic E-state index is -3.38. The molecule has 1 aliphatic rings. The summed E-state index contributed by atoms with van der Waals surface area (Å²) in [5, 5.41) is 3.48. The Labute approximate surface area is 164 Å². The van der Waals surface area contributed by atoms with Gasteiger partial charge in [0.1, 0.15) is 0 Å². The van der Waals surface area contributed by atoms with Gasteiger partial charge in [-0.15, -0.1) is 0 Å². The van der Waals surface area contributed by atoms with E-state index in [0.717, 1.165) is 5.56 Å². The second kappa shape index (κ2) is 8.84. The first-order chi connectivity index (χ1) is 12.9. The molecule has 0 saturated carbocycles. The average Bonchev–Trinajstić information content (AvgIpc) is 2.68. The molecular weight excluding hydrogens is 388 g/mol. The van der Waals surface area contributed by atoms with E-state index in [1.165, 1.54) is 4.31 Å². The number of nitrogens with zero attached hydrogens (tertiary/aromatic N) is 1. The summed E-state index contributed by atoms with van der Waals surface area (Å²) in [6.07, 6.45) is 0. The summed E-state index contributed by atoms with van der Waals surface area (Å²) in [5.74, 6) is -0.299. The van der Waals surface area contributed by atoms with Gasteiger partial charge in [0.05, 0.1) is 19.0 Å². The summed E-state index contributed by atoms with van der Waals surface area (Å²) in [5.41, 5.74) is 2.08. The van der Waals surface area contributed by atoms with E-state index in [2.05, 4.69) is 5.32 Å². The van der Waals surface area contributed by atoms with Crippen LogP contribution < -0.4 is 5.32 Å². The third-order valence-electron chi connectivity index (χ3n) is 4.29. The maximum absolute atomic E-state index is 12.4. The molecule has 1 fully saturated rings. The molecule has 144 valence electrons. The van der Waals surface area contributed by atoms with E-state index in [1.807, 2.05) is 12.1 Å². The quantitative estimate of drug-likeness (QED) is 0.796. The highest BCUT2D eigenvalue weighted by atomic mass is 35.5. The Morgan fingerprint density at radius 3 is 2.22 bits per heavy atom. The third kappa shape index (κ3) is 5.52. The smallest absolute Gasteiger partial charge is 0.251 e. The SMILES string of the molecule is O=C(NCc1ccc(Cl)cc1)c1ccc(CS(=O)(=O)N2CCOCC2)cc1. The summed E-state index contributed by atoms with van der Waals surface area (Å²) in [4.78, 5) is 12.3. The molecule has 0 atom stereocenters. The molecule has 0 unspecified atom stereocenters. The molecule has 1 amide bonds. The first-order valence-electron chi connectivity index (χ1n) is 8.61. The second-order valence-electron chi connectivity index (χ2n) is 6.27. The summed E-state index contributed by atoms with van der Waals surface area (Å²) in [6, 6.07) is 13.9. The lowest BCUT2D eigenvalue weighted by Crippen LogP contribution is -2.41. The topological polar surface area (TPSA) is 75.7 Å². The predicted octanol–water partition coefficient (Wildman–Crippen LogP) is 2.43. The maximum Gasteiger partial charge on any atom is 0.251 e. The summed E-state index contributed by atoms with van der Waals surface area (Å²) in [6.45, 7) is 2.00. The van der Waals surface area contributed by atoms with Gasteiger partial charge in [-0.2, -0.15) is 4.31 Å². The van der Waals surface area contributed by atoms with E-state index in [1.54, 1.807) is 36.4 Å². The monoisotopic (exact) mass is 408 g/mol. The van der Waals surface area contributed by atoms with Gasteiger partial charge in [0.15, 0.2) is 0 Å². The molecule has 0 aliphatic carbocycles. The van der Waals surface area contributed by atoms with Gasteiger partial charge in [0.2, 0.25) is 10.0 Å². The van der Waals surface area contributed by atoms with Crippen molar-refractivity contribution in [3.63, 3.8) is 0 Å². The van der Waals surface area contributed by atoms with Crippen molar-refractivity contribution in [1.29, 1.82) is 0 Å². The van der Waals surface area contributed by atoms with Crippen LogP contribution in [0.5, 0.6) is 0 Å². The Morgan fingerprint density at radius 2 is 1.59 bits per heavy atom. The second-order valence-corrected chi connectivity index (χ2v) is 8.68. The number of sulfonamides is 1. The normalized spacial score (nSPS) is 15.4. The number of carbonyl (C=O) groups excluding carboxylic acids is 1. The highest BCUT2D eigenvalue weighted by molar-refractivity contribution is 7.88. The van der Waals surface area contributed by atoms with Crippen LogP contribution in [-0.2, 0) is 27.1 Å². The van der Waals surface area contributed by atoms with Crippen LogP contribution >= 0.6 is 11.6 Å². The molecule has 8 heteroatoms. The van der Waals surface area contributed by atoms with Crippen LogP contribution in [0.2, 0.25) is 5.02 Å². The molecule has 2 aromatic rings. The number of halogens is 1. The van der Waals surface area contributed by atoms with Crippen LogP contribution in [0.1, 0.15) is 21.5 Å². The van der Waals surface area contributed by atoms with Crippen LogP contribution in [0.25, 0.3) is 0 Å². The minimum Gasteiger partial charge on any atom is -0.379 e. The Kier molecular flexibility index (Phi) is 6.49. The Balaban J connectivity index is 1.57. The van der Waals surface area contributed by atoms with Crippen LogP contribution in [0.15, 0.2) is 48.5 Å². The Bertz CT molecular complexity index is 877. The van der Waals surface area contributed by atoms with Gasteiger partial charge >= 0.3 is 0 Å². The van der Waals surface area contributed by atoms with Crippen LogP contribution in [0, 0.1) is 0 Å². The van der Waals surface area contributed by atoms with Gasteiger partial charge in [0, 0.05) is 30.2 Å². The van der Waals surface area contributed by atoms with Crippen molar-refractivity contribution in [2.75, 3.05) is 26.3 Å². The molecule has 0 radical (unpaired) electrons. The van der Waals surface area contributed by atoms with Crippen molar-refractivity contribution in [2.24, 2.45) is 0 Å². The number of nitrogens with one attached hydrogen (secondary N) is 1. The molecule has 27 heavy (non-hydrogen) atoms. The van der Waals surface area contributed by atoms with E-state index in [4.69, 9.17) is 16.3 Å². The number of hydrogen-bond donors (Lipinski definition) is 1. The molecule has 0 aromatic heterocycles. The number of benzene rings is 2. The molecule has 2 aromatic carbocycles. The molecule has 1 heterocycles. The van der Waals surface area contributed by atoms with Gasteiger partial charge in [-0.25, -0.2) is 8.42 Å². The molecule has 1 aliphatic heterocycles. The largest absolute Gasteiger partial charge is 0.379 e. The highest BCUT2D eigenvalue weighted by Crippen LogP contribution is 2.14. The molecular formula is C19H21ClN2O4S. The molecule has 3 rings (SSSR count).